The quantitative estimate of drug-likeness (QED) is 0.816. The zero-order valence-corrected chi connectivity index (χ0v) is 13.1. The third-order valence-corrected chi connectivity index (χ3v) is 4.11. The highest BCUT2D eigenvalue weighted by molar-refractivity contribution is 5.94. The zero-order chi connectivity index (χ0) is 16.2. The zero-order valence-electron chi connectivity index (χ0n) is 13.1. The van der Waals surface area contributed by atoms with Crippen molar-refractivity contribution in [3.63, 3.8) is 0 Å². The van der Waals surface area contributed by atoms with Crippen molar-refractivity contribution in [3.8, 4) is 5.75 Å². The number of hydrogen-bond donors (Lipinski definition) is 0. The van der Waals surface area contributed by atoms with Gasteiger partial charge in [0.1, 0.15) is 5.75 Å². The molecule has 0 radical (unpaired) electrons. The third kappa shape index (κ3) is 3.59. The summed E-state index contributed by atoms with van der Waals surface area (Å²) in [5.41, 5.74) is 3.16. The molecule has 0 aliphatic carbocycles. The van der Waals surface area contributed by atoms with Crippen molar-refractivity contribution in [2.75, 3.05) is 13.2 Å². The molecular weight excluding hydrogens is 290 g/mol. The van der Waals surface area contributed by atoms with Gasteiger partial charge in [0.05, 0.1) is 0 Å². The van der Waals surface area contributed by atoms with Crippen LogP contribution in [-0.4, -0.2) is 29.7 Å². The molecule has 23 heavy (non-hydrogen) atoms. The highest BCUT2D eigenvalue weighted by atomic mass is 16.5. The fraction of sp³-hybridized carbons (Fsp3) is 0.263. The van der Waals surface area contributed by atoms with Crippen LogP contribution in [0.25, 0.3) is 0 Å². The Morgan fingerprint density at radius 2 is 1.74 bits per heavy atom. The summed E-state index contributed by atoms with van der Waals surface area (Å²) in [6.45, 7) is 2.90. The molecule has 0 unspecified atom stereocenters. The molecule has 1 heterocycles. The van der Waals surface area contributed by atoms with E-state index in [-0.39, 0.29) is 18.3 Å². The second-order valence-corrected chi connectivity index (χ2v) is 5.70. The van der Waals surface area contributed by atoms with E-state index in [0.29, 0.717) is 17.9 Å². The van der Waals surface area contributed by atoms with E-state index in [4.69, 9.17) is 4.74 Å². The summed E-state index contributed by atoms with van der Waals surface area (Å²) in [5, 5.41) is 0. The molecule has 0 atom stereocenters. The van der Waals surface area contributed by atoms with Gasteiger partial charge in [0.2, 0.25) is 0 Å². The van der Waals surface area contributed by atoms with E-state index in [9.17, 15) is 9.59 Å². The Morgan fingerprint density at radius 3 is 2.43 bits per heavy atom. The van der Waals surface area contributed by atoms with Gasteiger partial charge in [-0.15, -0.1) is 0 Å². The second kappa shape index (κ2) is 6.65. The molecule has 1 aliphatic heterocycles. The molecule has 3 rings (SSSR count). The van der Waals surface area contributed by atoms with Crippen molar-refractivity contribution in [1.82, 2.24) is 4.90 Å². The van der Waals surface area contributed by atoms with Crippen molar-refractivity contribution in [2.24, 2.45) is 0 Å². The Hall–Kier alpha value is -2.62. The number of carbonyl (C=O) groups is 2. The minimum atomic E-state index is -0.0184. The highest BCUT2D eigenvalue weighted by Crippen LogP contribution is 2.19. The summed E-state index contributed by atoms with van der Waals surface area (Å²) < 4.78 is 5.54. The van der Waals surface area contributed by atoms with Crippen LogP contribution < -0.4 is 4.74 Å². The Labute approximate surface area is 135 Å². The number of nitrogens with zero attached hydrogens (tertiary/aromatic N) is 1. The number of rotatable bonds is 4. The van der Waals surface area contributed by atoms with Gasteiger partial charge in [-0.3, -0.25) is 9.59 Å². The summed E-state index contributed by atoms with van der Waals surface area (Å²) in [4.78, 5) is 25.4. The number of carbonyl (C=O) groups excluding carboxylic acids is 2. The molecule has 2 aromatic carbocycles. The molecule has 2 aromatic rings. The number of ketones is 1. The number of benzene rings is 2. The first-order valence-electron chi connectivity index (χ1n) is 7.72. The monoisotopic (exact) mass is 309 g/mol. The Morgan fingerprint density at radius 1 is 1.04 bits per heavy atom. The van der Waals surface area contributed by atoms with Crippen LogP contribution in [0.5, 0.6) is 5.75 Å². The van der Waals surface area contributed by atoms with Crippen molar-refractivity contribution in [3.05, 3.63) is 65.2 Å². The van der Waals surface area contributed by atoms with Gasteiger partial charge in [-0.25, -0.2) is 0 Å². The molecule has 0 spiro atoms. The molecule has 4 heteroatoms. The molecule has 0 fully saturated rings. The SMILES string of the molecule is CC(=O)c1ccc(OCC(=O)N2CCc3ccccc3C2)cc1. The van der Waals surface area contributed by atoms with Crippen LogP contribution in [0.3, 0.4) is 0 Å². The average molecular weight is 309 g/mol. The van der Waals surface area contributed by atoms with Crippen molar-refractivity contribution < 1.29 is 14.3 Å². The van der Waals surface area contributed by atoms with Gasteiger partial charge in [-0.05, 0) is 48.7 Å². The van der Waals surface area contributed by atoms with Crippen LogP contribution >= 0.6 is 0 Å². The van der Waals surface area contributed by atoms with Crippen molar-refractivity contribution in [1.29, 1.82) is 0 Å². The smallest absolute Gasteiger partial charge is 0.260 e. The maximum atomic E-state index is 12.3. The minimum absolute atomic E-state index is 0.0135. The first kappa shape index (κ1) is 15.3. The lowest BCUT2D eigenvalue weighted by Crippen LogP contribution is -2.38. The van der Waals surface area contributed by atoms with E-state index in [0.717, 1.165) is 13.0 Å². The Bertz CT molecular complexity index is 722. The predicted molar refractivity (Wildman–Crippen MR) is 87.5 cm³/mol. The molecule has 0 saturated carbocycles. The fourth-order valence-corrected chi connectivity index (χ4v) is 2.73. The van der Waals surface area contributed by atoms with Gasteiger partial charge in [-0.1, -0.05) is 24.3 Å². The van der Waals surface area contributed by atoms with Gasteiger partial charge in [0.15, 0.2) is 12.4 Å². The van der Waals surface area contributed by atoms with Gasteiger partial charge >= 0.3 is 0 Å². The molecule has 118 valence electrons. The van der Waals surface area contributed by atoms with E-state index in [1.54, 1.807) is 24.3 Å². The van der Waals surface area contributed by atoms with Crippen LogP contribution in [0.1, 0.15) is 28.4 Å². The van der Waals surface area contributed by atoms with Gasteiger partial charge in [0, 0.05) is 18.7 Å². The predicted octanol–water partition coefficient (Wildman–Crippen LogP) is 2.85. The van der Waals surface area contributed by atoms with Gasteiger partial charge in [-0.2, -0.15) is 0 Å². The normalized spacial score (nSPS) is 13.3. The molecule has 1 aliphatic rings. The molecule has 0 aromatic heterocycles. The number of amides is 1. The standard InChI is InChI=1S/C19H19NO3/c1-14(21)15-6-8-18(9-7-15)23-13-19(22)20-11-10-16-4-2-3-5-17(16)12-20/h2-9H,10-13H2,1H3. The van der Waals surface area contributed by atoms with E-state index in [1.807, 2.05) is 17.0 Å². The van der Waals surface area contributed by atoms with Crippen molar-refractivity contribution in [2.45, 2.75) is 19.9 Å². The number of fused-ring (bicyclic) bond motifs is 1. The molecular formula is C19H19NO3. The second-order valence-electron chi connectivity index (χ2n) is 5.70. The molecule has 1 amide bonds. The largest absolute Gasteiger partial charge is 0.484 e. The first-order chi connectivity index (χ1) is 11.1. The summed E-state index contributed by atoms with van der Waals surface area (Å²) in [6, 6.07) is 15.1. The number of Topliss-reactive ketones (excluding diaryl/α,β-unsaturated/α-hetero) is 1. The van der Waals surface area contributed by atoms with Crippen LogP contribution in [0.4, 0.5) is 0 Å². The third-order valence-electron chi connectivity index (χ3n) is 4.11. The van der Waals surface area contributed by atoms with Crippen LogP contribution in [-0.2, 0) is 17.8 Å². The maximum Gasteiger partial charge on any atom is 0.260 e. The van der Waals surface area contributed by atoms with Gasteiger partial charge < -0.3 is 9.64 Å². The number of hydrogen-bond acceptors (Lipinski definition) is 3. The molecule has 0 N–H and O–H groups in total. The summed E-state index contributed by atoms with van der Waals surface area (Å²) >= 11 is 0. The van der Waals surface area contributed by atoms with Crippen LogP contribution in [0, 0.1) is 0 Å². The molecule has 0 saturated heterocycles. The molecule has 4 nitrogen and oxygen atoms in total. The van der Waals surface area contributed by atoms with E-state index < -0.39 is 0 Å². The Balaban J connectivity index is 1.57. The van der Waals surface area contributed by atoms with E-state index in [1.165, 1.54) is 18.1 Å². The lowest BCUT2D eigenvalue weighted by Gasteiger charge is -2.28. The number of ether oxygens (including phenoxy) is 1. The van der Waals surface area contributed by atoms with Crippen LogP contribution in [0.15, 0.2) is 48.5 Å². The first-order valence-corrected chi connectivity index (χ1v) is 7.72. The topological polar surface area (TPSA) is 46.6 Å². The highest BCUT2D eigenvalue weighted by Gasteiger charge is 2.20. The molecule has 0 bridgehead atoms. The summed E-state index contributed by atoms with van der Waals surface area (Å²) in [5.74, 6) is 0.593. The summed E-state index contributed by atoms with van der Waals surface area (Å²) in [6.07, 6.45) is 0.884. The lowest BCUT2D eigenvalue weighted by atomic mass is 10.00. The van der Waals surface area contributed by atoms with E-state index in [2.05, 4.69) is 12.1 Å². The minimum Gasteiger partial charge on any atom is -0.484 e. The van der Waals surface area contributed by atoms with Gasteiger partial charge in [0.25, 0.3) is 5.91 Å². The summed E-state index contributed by atoms with van der Waals surface area (Å²) in [7, 11) is 0. The average Bonchev–Trinajstić information content (AvgIpc) is 2.59. The van der Waals surface area contributed by atoms with Crippen molar-refractivity contribution >= 4 is 11.7 Å². The maximum absolute atomic E-state index is 12.3. The lowest BCUT2D eigenvalue weighted by molar-refractivity contribution is -0.134. The van der Waals surface area contributed by atoms with E-state index >= 15 is 0 Å². The van der Waals surface area contributed by atoms with Crippen LogP contribution in [0.2, 0.25) is 0 Å². The Kier molecular flexibility index (Phi) is 4.42. The fourth-order valence-electron chi connectivity index (χ4n) is 2.73.